The molecule has 33 nitrogen and oxygen atoms in total. The molecule has 0 saturated carbocycles. The molecule has 12 N–H and O–H groups in total. The Balaban J connectivity index is 1.17. The second-order valence-electron chi connectivity index (χ2n) is 23.8. The third-order valence-electron chi connectivity index (χ3n) is 16.1. The summed E-state index contributed by atoms with van der Waals surface area (Å²) in [5, 5.41) is 74.6. The minimum Gasteiger partial charge on any atom is -0.484 e. The summed E-state index contributed by atoms with van der Waals surface area (Å²) in [6.07, 6.45) is 9.45. The number of aliphatic carboxylic acids is 4. The SMILES string of the molecule is CCCCCCCC(=O)NCCCC[C@H](NC(=O)[C@H](CCCCNC(=O)CN1CCN(CC(=O)O)CCN(CC(=O)O)CCN(CC(=O)O)CC1)NC(=O)CCOCCOCCOCCNC(=O)COc1ccc2c(C(=O)NCC(=O)N3CCC[C@H]3B(O)O)ccnc2c1)C(=O)O. The lowest BCUT2D eigenvalue weighted by atomic mass is 9.78. The number of carbonyl (C=O) groups is 11. The number of nitrogens with one attached hydrogen (secondary N) is 6. The Kier molecular flexibility index (Phi) is 39.8. The predicted molar refractivity (Wildman–Crippen MR) is 352 cm³/mol. The number of benzene rings is 1. The summed E-state index contributed by atoms with van der Waals surface area (Å²) >= 11 is 0. The monoisotopic (exact) mass is 1370 g/mol. The van der Waals surface area contributed by atoms with Crippen LogP contribution in [0.25, 0.3) is 10.9 Å². The van der Waals surface area contributed by atoms with E-state index in [0.29, 0.717) is 74.7 Å². The molecule has 1 aromatic carbocycles. The molecule has 3 heterocycles. The summed E-state index contributed by atoms with van der Waals surface area (Å²) in [6.45, 7) is 4.08. The van der Waals surface area contributed by atoms with Crippen LogP contribution in [0.1, 0.15) is 114 Å². The highest BCUT2D eigenvalue weighted by Gasteiger charge is 2.37. The standard InChI is InChI=1S/C63H101BN12O21/c1-2-3-4-5-6-15-53(77)66-20-10-8-13-50(63(90)91)71-62(89)49(12-7-9-21-67-55(79)41-72-25-27-73(42-58(82)83)29-31-75(44-60(86)87)32-30-74(28-26-72)43-59(84)85)70-54(78)19-33-94-35-37-96-38-36-95-34-23-68-56(80)45-97-46-16-17-47-48(18-22-65-51(47)39-46)61(88)69-40-57(81)76-24-11-14-52(76)64(92)93/h16-18,22,39,49-50,52,92-93H,2-15,19-21,23-38,40-45H2,1H3,(H,66,77)(H,67,79)(H,68,80)(H,69,88)(H,70,78)(H,71,89)(H,82,83)(H,84,85)(H,86,87)(H,90,91)/t49-,50-,52-/m0/s1. The van der Waals surface area contributed by atoms with Gasteiger partial charge in [0.2, 0.25) is 29.5 Å². The smallest absolute Gasteiger partial charge is 0.475 e. The molecule has 3 atom stereocenters. The van der Waals surface area contributed by atoms with Gasteiger partial charge in [-0.3, -0.25) is 72.5 Å². The molecule has 1 aromatic heterocycles. The predicted octanol–water partition coefficient (Wildman–Crippen LogP) is -1.63. The fourth-order valence-electron chi connectivity index (χ4n) is 10.8. The van der Waals surface area contributed by atoms with E-state index >= 15 is 0 Å². The van der Waals surface area contributed by atoms with Gasteiger partial charge in [0, 0.05) is 109 Å². The molecular weight excluding hydrogens is 1270 g/mol. The lowest BCUT2D eigenvalue weighted by Gasteiger charge is -2.32. The van der Waals surface area contributed by atoms with E-state index < -0.39 is 78.6 Å². The van der Waals surface area contributed by atoms with Crippen LogP contribution in [0.5, 0.6) is 5.75 Å². The first-order valence-electron chi connectivity index (χ1n) is 33.5. The van der Waals surface area contributed by atoms with Crippen LogP contribution in [0.2, 0.25) is 0 Å². The van der Waals surface area contributed by atoms with Gasteiger partial charge in [0.05, 0.1) is 89.4 Å². The van der Waals surface area contributed by atoms with Gasteiger partial charge in [-0.25, -0.2) is 4.79 Å². The third-order valence-corrected chi connectivity index (χ3v) is 16.1. The molecule has 542 valence electrons. The summed E-state index contributed by atoms with van der Waals surface area (Å²) in [5.41, 5.74) is 0.670. The van der Waals surface area contributed by atoms with Crippen molar-refractivity contribution in [3.63, 3.8) is 0 Å². The highest BCUT2D eigenvalue weighted by atomic mass is 16.5. The number of ether oxygens (including phenoxy) is 4. The minimum absolute atomic E-state index is 0.0388. The number of hydrogen-bond acceptors (Lipinski definition) is 22. The Morgan fingerprint density at radius 3 is 1.68 bits per heavy atom. The van der Waals surface area contributed by atoms with E-state index in [1.165, 1.54) is 17.2 Å². The molecule has 4 rings (SSSR count). The van der Waals surface area contributed by atoms with E-state index in [4.69, 9.17) is 18.9 Å². The van der Waals surface area contributed by atoms with Crippen LogP contribution < -0.4 is 36.6 Å². The molecule has 0 bridgehead atoms. The molecule has 2 aromatic rings. The van der Waals surface area contributed by atoms with Crippen molar-refractivity contribution in [3.8, 4) is 5.75 Å². The Bertz CT molecular complexity index is 2780. The average Bonchev–Trinajstić information content (AvgIpc) is 0.875. The van der Waals surface area contributed by atoms with Gasteiger partial charge in [0.25, 0.3) is 11.8 Å². The Hall–Kier alpha value is -7.70. The van der Waals surface area contributed by atoms with Crippen LogP contribution >= 0.6 is 0 Å². The van der Waals surface area contributed by atoms with Crippen molar-refractivity contribution in [3.05, 3.63) is 36.0 Å². The molecule has 0 spiro atoms. The number of carboxylic acids is 4. The van der Waals surface area contributed by atoms with E-state index in [-0.39, 0.29) is 181 Å². The van der Waals surface area contributed by atoms with Gasteiger partial charge in [-0.15, -0.1) is 0 Å². The van der Waals surface area contributed by atoms with Crippen molar-refractivity contribution < 1.29 is 102 Å². The number of rotatable bonds is 47. The summed E-state index contributed by atoms with van der Waals surface area (Å²) in [6, 6.07) is 3.82. The van der Waals surface area contributed by atoms with Crippen molar-refractivity contribution in [2.45, 2.75) is 121 Å². The largest absolute Gasteiger partial charge is 0.484 e. The zero-order valence-electron chi connectivity index (χ0n) is 55.8. The van der Waals surface area contributed by atoms with Crippen LogP contribution in [0, 0.1) is 0 Å². The second kappa shape index (κ2) is 47.3. The van der Waals surface area contributed by atoms with Crippen molar-refractivity contribution in [2.24, 2.45) is 0 Å². The molecule has 34 heteroatoms. The molecule has 0 radical (unpaired) electrons. The van der Waals surface area contributed by atoms with Crippen LogP contribution in [-0.4, -0.2) is 308 Å². The number of unbranched alkanes of at least 4 members (excludes halogenated alkanes) is 6. The Labute approximate surface area is 565 Å². The first-order valence-corrected chi connectivity index (χ1v) is 33.5. The molecule has 2 aliphatic rings. The number of amides is 7. The van der Waals surface area contributed by atoms with E-state index in [1.54, 1.807) is 37.8 Å². The highest BCUT2D eigenvalue weighted by Crippen LogP contribution is 2.23. The first-order chi connectivity index (χ1) is 46.6. The maximum Gasteiger partial charge on any atom is 0.475 e. The van der Waals surface area contributed by atoms with Crippen LogP contribution in [-0.2, 0) is 62.2 Å². The zero-order chi connectivity index (χ0) is 70.7. The first kappa shape index (κ1) is 81.7. The molecule has 0 aliphatic carbocycles. The minimum atomic E-state index is -1.67. The molecule has 2 aliphatic heterocycles. The van der Waals surface area contributed by atoms with Gasteiger partial charge in [0.15, 0.2) is 6.61 Å². The van der Waals surface area contributed by atoms with Crippen LogP contribution in [0.15, 0.2) is 30.5 Å². The number of likely N-dealkylation sites (tertiary alicyclic amines) is 1. The molecule has 97 heavy (non-hydrogen) atoms. The topological polar surface area (TPSA) is 447 Å². The Morgan fingerprint density at radius 2 is 1.10 bits per heavy atom. The average molecular weight is 1370 g/mol. The summed E-state index contributed by atoms with van der Waals surface area (Å²) in [7, 11) is -1.67. The summed E-state index contributed by atoms with van der Waals surface area (Å²) in [5.74, 6) is -8.00. The Morgan fingerprint density at radius 1 is 0.557 bits per heavy atom. The van der Waals surface area contributed by atoms with Crippen LogP contribution in [0.3, 0.4) is 0 Å². The third kappa shape index (κ3) is 34.9. The number of fused-ring (bicyclic) bond motifs is 1. The number of pyridine rings is 1. The molecule has 0 unspecified atom stereocenters. The van der Waals surface area contributed by atoms with Crippen molar-refractivity contribution in [2.75, 3.05) is 158 Å². The summed E-state index contributed by atoms with van der Waals surface area (Å²) in [4.78, 5) is 151. The van der Waals surface area contributed by atoms with E-state index in [0.717, 1.165) is 32.1 Å². The summed E-state index contributed by atoms with van der Waals surface area (Å²) < 4.78 is 22.3. The van der Waals surface area contributed by atoms with Gasteiger partial charge in [-0.2, -0.15) is 0 Å². The lowest BCUT2D eigenvalue weighted by molar-refractivity contribution is -0.142. The quantitative estimate of drug-likeness (QED) is 0.0261. The van der Waals surface area contributed by atoms with Crippen molar-refractivity contribution >= 4 is 83.2 Å². The van der Waals surface area contributed by atoms with Gasteiger partial charge in [-0.1, -0.05) is 32.6 Å². The van der Waals surface area contributed by atoms with E-state index in [9.17, 15) is 83.2 Å². The van der Waals surface area contributed by atoms with Crippen LogP contribution in [0.4, 0.5) is 0 Å². The number of hydrogen-bond donors (Lipinski definition) is 12. The number of carbonyl (C=O) groups excluding carboxylic acids is 7. The van der Waals surface area contributed by atoms with Gasteiger partial charge in [-0.05, 0) is 76.0 Å². The lowest BCUT2D eigenvalue weighted by Crippen LogP contribution is -2.51. The van der Waals surface area contributed by atoms with Gasteiger partial charge >= 0.3 is 31.0 Å². The molecule has 7 amide bonds. The fourth-order valence-corrected chi connectivity index (χ4v) is 10.8. The van der Waals surface area contributed by atoms with Crippen molar-refractivity contribution in [1.82, 2.24) is 61.4 Å². The fraction of sp³-hybridized carbons (Fsp3) is 0.683. The number of nitrogens with zero attached hydrogens (tertiary/aromatic N) is 6. The van der Waals surface area contributed by atoms with E-state index in [2.05, 4.69) is 43.8 Å². The van der Waals surface area contributed by atoms with Gasteiger partial charge < -0.3 is 86.2 Å². The molecular formula is C63H101BN12O21. The number of aromatic nitrogens is 1. The number of carboxylic acid groups (broad SMARTS) is 4. The highest BCUT2D eigenvalue weighted by molar-refractivity contribution is 6.43. The molecule has 2 fully saturated rings. The second-order valence-corrected chi connectivity index (χ2v) is 23.8. The normalized spacial score (nSPS) is 15.8. The van der Waals surface area contributed by atoms with Gasteiger partial charge in [0.1, 0.15) is 17.8 Å². The zero-order valence-corrected chi connectivity index (χ0v) is 55.8. The van der Waals surface area contributed by atoms with E-state index in [1.807, 2.05) is 0 Å². The maximum atomic E-state index is 13.8. The molecule has 2 saturated heterocycles. The maximum absolute atomic E-state index is 13.8. The van der Waals surface area contributed by atoms with Crippen molar-refractivity contribution in [1.29, 1.82) is 0 Å².